The van der Waals surface area contributed by atoms with Crippen molar-refractivity contribution < 1.29 is 21.6 Å². The number of carbonyl (C=O) groups excluding carboxylic acids is 1. The molecule has 172 valence electrons. The summed E-state index contributed by atoms with van der Waals surface area (Å²) in [5.41, 5.74) is 1.65. The van der Waals surface area contributed by atoms with Crippen molar-refractivity contribution in [2.45, 2.75) is 41.2 Å². The van der Waals surface area contributed by atoms with Crippen LogP contribution in [0.15, 0.2) is 53.4 Å². The van der Waals surface area contributed by atoms with E-state index in [-0.39, 0.29) is 16.4 Å². The molecular weight excluding hydrogens is 448 g/mol. The van der Waals surface area contributed by atoms with Crippen molar-refractivity contribution in [2.24, 2.45) is 0 Å². The molecule has 1 amide bonds. The van der Waals surface area contributed by atoms with Crippen LogP contribution < -0.4 is 4.90 Å². The van der Waals surface area contributed by atoms with E-state index in [4.69, 9.17) is 0 Å². The molecule has 1 saturated carbocycles. The third-order valence-electron chi connectivity index (χ3n) is 6.74. The lowest BCUT2D eigenvalue weighted by atomic mass is 9.70. The van der Waals surface area contributed by atoms with Gasteiger partial charge < -0.3 is 4.90 Å². The number of sulfone groups is 1. The summed E-state index contributed by atoms with van der Waals surface area (Å²) in [4.78, 5) is 15.3. The Balaban J connectivity index is 1.73. The first-order chi connectivity index (χ1) is 15.0. The van der Waals surface area contributed by atoms with Gasteiger partial charge in [-0.05, 0) is 49.1 Å². The zero-order valence-corrected chi connectivity index (χ0v) is 20.1. The summed E-state index contributed by atoms with van der Waals surface area (Å²) in [6.45, 7) is 0.391. The molecule has 1 aliphatic carbocycles. The average Bonchev–Trinajstić information content (AvgIpc) is 3.06. The van der Waals surface area contributed by atoms with Crippen LogP contribution in [0.4, 0.5) is 5.69 Å². The third kappa shape index (κ3) is 3.86. The summed E-state index contributed by atoms with van der Waals surface area (Å²) in [5.74, 6) is -0.286. The Hall–Kier alpha value is -2.23. The zero-order chi connectivity index (χ0) is 23.3. The van der Waals surface area contributed by atoms with E-state index in [0.717, 1.165) is 28.4 Å². The molecule has 1 fully saturated rings. The van der Waals surface area contributed by atoms with Crippen LogP contribution >= 0.6 is 0 Å². The number of para-hydroxylation sites is 1. The maximum atomic E-state index is 13.6. The molecule has 2 atom stereocenters. The molecule has 2 aliphatic rings. The summed E-state index contributed by atoms with van der Waals surface area (Å²) in [5, 5.41) is -0.423. The Morgan fingerprint density at radius 1 is 1.06 bits per heavy atom. The zero-order valence-electron chi connectivity index (χ0n) is 18.5. The third-order valence-corrected chi connectivity index (χ3v) is 10.2. The van der Waals surface area contributed by atoms with Crippen LogP contribution in [0.25, 0.3) is 0 Å². The molecule has 0 bridgehead atoms. The minimum Gasteiger partial charge on any atom is -0.307 e. The first-order valence-electron chi connectivity index (χ1n) is 10.6. The van der Waals surface area contributed by atoms with E-state index >= 15 is 0 Å². The smallest absolute Gasteiger partial charge is 0.258 e. The van der Waals surface area contributed by atoms with Crippen molar-refractivity contribution in [2.75, 3.05) is 31.8 Å². The van der Waals surface area contributed by atoms with Gasteiger partial charge in [-0.1, -0.05) is 30.7 Å². The Morgan fingerprint density at radius 3 is 2.47 bits per heavy atom. The highest BCUT2D eigenvalue weighted by atomic mass is 32.2. The molecule has 2 unspecified atom stereocenters. The predicted octanol–water partition coefficient (Wildman–Crippen LogP) is 2.82. The summed E-state index contributed by atoms with van der Waals surface area (Å²) in [7, 11) is -3.96. The summed E-state index contributed by atoms with van der Waals surface area (Å²) < 4.78 is 50.8. The van der Waals surface area contributed by atoms with Crippen molar-refractivity contribution in [3.63, 3.8) is 0 Å². The van der Waals surface area contributed by atoms with Crippen molar-refractivity contribution in [1.29, 1.82) is 0 Å². The second-order valence-electron chi connectivity index (χ2n) is 9.05. The monoisotopic (exact) mass is 476 g/mol. The van der Waals surface area contributed by atoms with Crippen molar-refractivity contribution in [1.82, 2.24) is 4.31 Å². The number of anilines is 1. The van der Waals surface area contributed by atoms with E-state index in [9.17, 15) is 21.6 Å². The summed E-state index contributed by atoms with van der Waals surface area (Å²) >= 11 is 0. The quantitative estimate of drug-likeness (QED) is 0.677. The van der Waals surface area contributed by atoms with Gasteiger partial charge in [-0.3, -0.25) is 4.79 Å². The van der Waals surface area contributed by atoms with Crippen LogP contribution in [0.1, 0.15) is 41.6 Å². The van der Waals surface area contributed by atoms with Gasteiger partial charge >= 0.3 is 0 Å². The average molecular weight is 477 g/mol. The number of hydrogen-bond acceptors (Lipinski definition) is 5. The topological polar surface area (TPSA) is 91.8 Å². The van der Waals surface area contributed by atoms with Crippen LogP contribution in [0.5, 0.6) is 0 Å². The Kier molecular flexibility index (Phi) is 5.71. The van der Waals surface area contributed by atoms with E-state index in [1.54, 1.807) is 17.0 Å². The van der Waals surface area contributed by atoms with Gasteiger partial charge in [0.2, 0.25) is 10.0 Å². The molecule has 1 spiro atoms. The van der Waals surface area contributed by atoms with E-state index in [1.807, 2.05) is 24.3 Å². The van der Waals surface area contributed by atoms with Crippen molar-refractivity contribution >= 4 is 31.5 Å². The second-order valence-corrected chi connectivity index (χ2v) is 13.5. The fraction of sp³-hybridized carbons (Fsp3) is 0.435. The number of benzene rings is 2. The van der Waals surface area contributed by atoms with E-state index in [2.05, 4.69) is 0 Å². The van der Waals surface area contributed by atoms with Crippen LogP contribution in [0.2, 0.25) is 0 Å². The summed E-state index contributed by atoms with van der Waals surface area (Å²) in [6, 6.07) is 13.7. The number of amides is 1. The van der Waals surface area contributed by atoms with Crippen LogP contribution in [0.3, 0.4) is 0 Å². The largest absolute Gasteiger partial charge is 0.307 e. The highest BCUT2D eigenvalue weighted by molar-refractivity contribution is 7.91. The molecule has 7 nitrogen and oxygen atoms in total. The van der Waals surface area contributed by atoms with E-state index in [1.165, 1.54) is 32.5 Å². The number of fused-ring (bicyclic) bond motifs is 2. The maximum Gasteiger partial charge on any atom is 0.258 e. The Bertz CT molecular complexity index is 1270. The minimum atomic E-state index is -3.67. The molecule has 4 rings (SSSR count). The second kappa shape index (κ2) is 7.97. The first-order valence-corrected chi connectivity index (χ1v) is 14.0. The van der Waals surface area contributed by atoms with Gasteiger partial charge in [0.25, 0.3) is 5.91 Å². The normalized spacial score (nSPS) is 23.5. The highest BCUT2D eigenvalue weighted by Gasteiger charge is 2.48. The number of rotatable bonds is 4. The maximum absolute atomic E-state index is 13.6. The fourth-order valence-corrected chi connectivity index (χ4v) is 7.19. The van der Waals surface area contributed by atoms with Crippen LogP contribution in [0, 0.1) is 0 Å². The standard InChI is InChI=1S/C23H28N2O5S2/c1-24(2)32(29,30)18-9-6-8-17(14-18)22(26)25-16-23(20-11-4-5-12-21(20)25)13-7-10-19(15-23)31(3,27)28/h4-6,8-9,11-12,14,19H,7,10,13,15-16H2,1-3H3. The van der Waals surface area contributed by atoms with Gasteiger partial charge in [0.1, 0.15) is 9.84 Å². The van der Waals surface area contributed by atoms with Gasteiger partial charge in [-0.25, -0.2) is 21.1 Å². The molecule has 1 aliphatic heterocycles. The molecule has 0 radical (unpaired) electrons. The molecular formula is C23H28N2O5S2. The van der Waals surface area contributed by atoms with Crippen LogP contribution in [-0.4, -0.2) is 59.2 Å². The van der Waals surface area contributed by atoms with Gasteiger partial charge in [0.05, 0.1) is 10.1 Å². The molecule has 0 aromatic heterocycles. The van der Waals surface area contributed by atoms with Gasteiger partial charge in [-0.2, -0.15) is 0 Å². The number of nitrogens with zero attached hydrogens (tertiary/aromatic N) is 2. The predicted molar refractivity (Wildman–Crippen MR) is 124 cm³/mol. The van der Waals surface area contributed by atoms with E-state index < -0.39 is 30.5 Å². The van der Waals surface area contributed by atoms with Crippen LogP contribution in [-0.2, 0) is 25.3 Å². The van der Waals surface area contributed by atoms with Crippen molar-refractivity contribution in [3.8, 4) is 0 Å². The molecule has 2 aromatic carbocycles. The molecule has 9 heteroatoms. The summed E-state index contributed by atoms with van der Waals surface area (Å²) in [6.07, 6.45) is 4.01. The van der Waals surface area contributed by atoms with E-state index in [0.29, 0.717) is 19.4 Å². The van der Waals surface area contributed by atoms with Gasteiger partial charge in [-0.15, -0.1) is 0 Å². The SMILES string of the molecule is CN(C)S(=O)(=O)c1cccc(C(=O)N2CC3(CCCC(S(C)(=O)=O)C3)c3ccccc32)c1. The highest BCUT2D eigenvalue weighted by Crippen LogP contribution is 2.50. The van der Waals surface area contributed by atoms with Crippen molar-refractivity contribution in [3.05, 3.63) is 59.7 Å². The number of carbonyl (C=O) groups is 1. The lowest BCUT2D eigenvalue weighted by Crippen LogP contribution is -2.43. The minimum absolute atomic E-state index is 0.0605. The number of hydrogen-bond donors (Lipinski definition) is 0. The molecule has 2 aromatic rings. The molecule has 32 heavy (non-hydrogen) atoms. The Labute approximate surface area is 190 Å². The Morgan fingerprint density at radius 2 is 1.78 bits per heavy atom. The fourth-order valence-electron chi connectivity index (χ4n) is 5.03. The molecule has 0 saturated heterocycles. The first kappa shape index (κ1) is 22.9. The lowest BCUT2D eigenvalue weighted by molar-refractivity contribution is 0.0982. The lowest BCUT2D eigenvalue weighted by Gasteiger charge is -2.38. The number of sulfonamides is 1. The van der Waals surface area contributed by atoms with Gasteiger partial charge in [0.15, 0.2) is 0 Å². The molecule has 0 N–H and O–H groups in total. The molecule has 1 heterocycles. The van der Waals surface area contributed by atoms with Gasteiger partial charge in [0, 0.05) is 43.6 Å².